The fraction of sp³-hybridized carbons (Fsp3) is 0. The van der Waals surface area contributed by atoms with Gasteiger partial charge in [-0.3, -0.25) is 4.98 Å². The lowest BCUT2D eigenvalue weighted by Crippen LogP contribution is -1.77. The maximum absolute atomic E-state index is 4.82. The number of nitrogens with zero attached hydrogens (tertiary/aromatic N) is 2. The number of rotatable bonds is 1. The second-order valence-corrected chi connectivity index (χ2v) is 2.05. The van der Waals surface area contributed by atoms with Gasteiger partial charge in [-0.15, -0.1) is 0 Å². The average Bonchev–Trinajstić information content (AvgIpc) is 2.58. The molecule has 0 amide bonds. The Bertz CT molecular complexity index is 315. The third kappa shape index (κ3) is 1.12. The van der Waals surface area contributed by atoms with Crippen molar-refractivity contribution in [2.24, 2.45) is 0 Å². The first-order chi connectivity index (χ1) is 5.47. The number of hydrogen-bond acceptors (Lipinski definition) is 3. The Hall–Kier alpha value is -1.64. The van der Waals surface area contributed by atoms with Crippen molar-refractivity contribution in [3.05, 3.63) is 37.2 Å². The molecule has 2 rings (SSSR count). The zero-order valence-electron chi connectivity index (χ0n) is 5.69. The van der Waals surface area contributed by atoms with Crippen molar-refractivity contribution in [3.8, 4) is 11.3 Å². The van der Waals surface area contributed by atoms with Gasteiger partial charge in [-0.25, -0.2) is 4.98 Å². The van der Waals surface area contributed by atoms with Gasteiger partial charge in [0.15, 0.2) is 6.39 Å². The van der Waals surface area contributed by atoms with Crippen LogP contribution in [-0.2, 0) is 0 Å². The maximum atomic E-state index is 4.82. The zero-order chi connectivity index (χ0) is 7.52. The van der Waals surface area contributed by atoms with E-state index in [9.17, 15) is 0 Å². The Morgan fingerprint density at radius 3 is 3.09 bits per heavy atom. The first-order valence-corrected chi connectivity index (χ1v) is 3.17. The lowest BCUT2D eigenvalue weighted by atomic mass is 10.2. The summed E-state index contributed by atoms with van der Waals surface area (Å²) in [5.74, 6) is 0. The summed E-state index contributed by atoms with van der Waals surface area (Å²) in [6.45, 7) is 0. The normalized spacial score (nSPS) is 9.82. The zero-order valence-corrected chi connectivity index (χ0v) is 5.69. The summed E-state index contributed by atoms with van der Waals surface area (Å²) in [6, 6.07) is 3.62. The molecular formula is C8H5N2O. The Morgan fingerprint density at radius 2 is 2.45 bits per heavy atom. The predicted molar refractivity (Wildman–Crippen MR) is 38.6 cm³/mol. The van der Waals surface area contributed by atoms with Crippen LogP contribution >= 0.6 is 0 Å². The van der Waals surface area contributed by atoms with Gasteiger partial charge in [-0.05, 0) is 12.1 Å². The average molecular weight is 145 g/mol. The van der Waals surface area contributed by atoms with Gasteiger partial charge in [0.2, 0.25) is 0 Å². The van der Waals surface area contributed by atoms with Crippen LogP contribution in [0.3, 0.4) is 0 Å². The molecule has 3 heteroatoms. The molecule has 0 aromatic carbocycles. The van der Waals surface area contributed by atoms with Crippen molar-refractivity contribution in [1.29, 1.82) is 0 Å². The van der Waals surface area contributed by atoms with Gasteiger partial charge in [0.05, 0.1) is 6.20 Å². The SMILES string of the molecule is [c]1ccc(-c2cocn2)cn1. The highest BCUT2D eigenvalue weighted by molar-refractivity contribution is 5.55. The van der Waals surface area contributed by atoms with Gasteiger partial charge in [-0.1, -0.05) is 0 Å². The number of oxazole rings is 1. The van der Waals surface area contributed by atoms with Crippen LogP contribution < -0.4 is 0 Å². The molecule has 0 aliphatic carbocycles. The fourth-order valence-corrected chi connectivity index (χ4v) is 0.827. The maximum Gasteiger partial charge on any atom is 0.181 e. The molecule has 0 aliphatic heterocycles. The Morgan fingerprint density at radius 1 is 1.45 bits per heavy atom. The minimum Gasteiger partial charge on any atom is -0.451 e. The van der Waals surface area contributed by atoms with Crippen molar-refractivity contribution < 1.29 is 4.42 Å². The summed E-state index contributed by atoms with van der Waals surface area (Å²) in [5.41, 5.74) is 1.74. The molecule has 0 unspecified atom stereocenters. The molecule has 2 aromatic rings. The van der Waals surface area contributed by atoms with Crippen molar-refractivity contribution in [3.63, 3.8) is 0 Å². The smallest absolute Gasteiger partial charge is 0.181 e. The molecule has 0 spiro atoms. The van der Waals surface area contributed by atoms with E-state index in [1.54, 1.807) is 18.5 Å². The van der Waals surface area contributed by atoms with Crippen molar-refractivity contribution in [2.75, 3.05) is 0 Å². The van der Waals surface area contributed by atoms with Crippen LogP contribution in [0.25, 0.3) is 11.3 Å². The highest BCUT2D eigenvalue weighted by atomic mass is 16.3. The molecule has 0 atom stereocenters. The van der Waals surface area contributed by atoms with E-state index in [1.807, 2.05) is 6.07 Å². The van der Waals surface area contributed by atoms with E-state index in [2.05, 4.69) is 16.2 Å². The minimum atomic E-state index is 0.798. The van der Waals surface area contributed by atoms with Gasteiger partial charge in [0.1, 0.15) is 12.0 Å². The topological polar surface area (TPSA) is 38.9 Å². The van der Waals surface area contributed by atoms with Gasteiger partial charge in [0.25, 0.3) is 0 Å². The monoisotopic (exact) mass is 145 g/mol. The van der Waals surface area contributed by atoms with E-state index in [0.29, 0.717) is 0 Å². The Labute approximate surface area is 63.7 Å². The quantitative estimate of drug-likeness (QED) is 0.610. The van der Waals surface area contributed by atoms with E-state index in [4.69, 9.17) is 4.42 Å². The summed E-state index contributed by atoms with van der Waals surface area (Å²) in [4.78, 5) is 7.80. The highest BCUT2D eigenvalue weighted by Crippen LogP contribution is 2.13. The molecule has 0 N–H and O–H groups in total. The van der Waals surface area contributed by atoms with Crippen LogP contribution in [0, 0.1) is 6.20 Å². The van der Waals surface area contributed by atoms with E-state index in [-0.39, 0.29) is 0 Å². The summed E-state index contributed by atoms with van der Waals surface area (Å²) in [6.07, 6.45) is 7.35. The van der Waals surface area contributed by atoms with Crippen LogP contribution in [0.4, 0.5) is 0 Å². The third-order valence-corrected chi connectivity index (χ3v) is 1.34. The molecule has 2 heterocycles. The molecule has 1 radical (unpaired) electrons. The second-order valence-electron chi connectivity index (χ2n) is 2.05. The van der Waals surface area contributed by atoms with Gasteiger partial charge < -0.3 is 4.42 Å². The summed E-state index contributed by atoms with van der Waals surface area (Å²) in [7, 11) is 0. The van der Waals surface area contributed by atoms with Crippen LogP contribution in [0.1, 0.15) is 0 Å². The Kier molecular flexibility index (Phi) is 1.41. The van der Waals surface area contributed by atoms with Gasteiger partial charge >= 0.3 is 0 Å². The van der Waals surface area contributed by atoms with Crippen molar-refractivity contribution in [2.45, 2.75) is 0 Å². The van der Waals surface area contributed by atoms with Crippen LogP contribution in [0.5, 0.6) is 0 Å². The van der Waals surface area contributed by atoms with Crippen LogP contribution in [0.2, 0.25) is 0 Å². The molecule has 0 fully saturated rings. The third-order valence-electron chi connectivity index (χ3n) is 1.34. The molecular weight excluding hydrogens is 140 g/mol. The molecule has 11 heavy (non-hydrogen) atoms. The molecule has 2 aromatic heterocycles. The fourth-order valence-electron chi connectivity index (χ4n) is 0.827. The molecule has 0 saturated carbocycles. The predicted octanol–water partition coefficient (Wildman–Crippen LogP) is 1.54. The van der Waals surface area contributed by atoms with Crippen LogP contribution in [-0.4, -0.2) is 9.97 Å². The Balaban J connectivity index is 2.46. The lowest BCUT2D eigenvalue weighted by Gasteiger charge is -1.89. The van der Waals surface area contributed by atoms with Crippen LogP contribution in [0.15, 0.2) is 35.4 Å². The van der Waals surface area contributed by atoms with E-state index >= 15 is 0 Å². The molecule has 53 valence electrons. The van der Waals surface area contributed by atoms with E-state index < -0.39 is 0 Å². The number of hydrogen-bond donors (Lipinski definition) is 0. The second kappa shape index (κ2) is 2.54. The highest BCUT2D eigenvalue weighted by Gasteiger charge is 1.97. The lowest BCUT2D eigenvalue weighted by molar-refractivity contribution is 0.558. The summed E-state index contributed by atoms with van der Waals surface area (Å²) >= 11 is 0. The minimum absolute atomic E-state index is 0.798. The van der Waals surface area contributed by atoms with Crippen molar-refractivity contribution in [1.82, 2.24) is 9.97 Å². The van der Waals surface area contributed by atoms with Gasteiger partial charge in [-0.2, -0.15) is 0 Å². The first-order valence-electron chi connectivity index (χ1n) is 3.17. The summed E-state index contributed by atoms with van der Waals surface area (Å²) < 4.78 is 4.82. The molecule has 0 aliphatic rings. The number of pyridine rings is 1. The van der Waals surface area contributed by atoms with Gasteiger partial charge in [0, 0.05) is 11.8 Å². The molecule has 3 nitrogen and oxygen atoms in total. The first kappa shape index (κ1) is 6.09. The molecule has 0 bridgehead atoms. The molecule has 0 saturated heterocycles. The van der Waals surface area contributed by atoms with Crippen molar-refractivity contribution >= 4 is 0 Å². The standard InChI is InChI=1S/C8H5N2O/c1-2-7(4-9-3-1)8-5-11-6-10-8/h1-2,4-6H. The van der Waals surface area contributed by atoms with E-state index in [1.165, 1.54) is 6.39 Å². The number of aromatic nitrogens is 2. The summed E-state index contributed by atoms with van der Waals surface area (Å²) in [5, 5.41) is 0. The largest absolute Gasteiger partial charge is 0.451 e. The van der Waals surface area contributed by atoms with E-state index in [0.717, 1.165) is 11.3 Å².